The topological polar surface area (TPSA) is 98.3 Å². The highest BCUT2D eigenvalue weighted by Gasteiger charge is 2.20. The molecule has 6 rings (SSSR count). The average Bonchev–Trinajstić information content (AvgIpc) is 3.60. The fourth-order valence-electron chi connectivity index (χ4n) is 4.96. The molecule has 8 nitrogen and oxygen atoms in total. The Bertz CT molecular complexity index is 2080. The number of thiophene rings is 1. The molecule has 6 aromatic rings. The van der Waals surface area contributed by atoms with Gasteiger partial charge in [-0.05, 0) is 69.7 Å². The van der Waals surface area contributed by atoms with Crippen molar-refractivity contribution in [3.05, 3.63) is 97.9 Å². The third-order valence-corrected chi connectivity index (χ3v) is 8.37. The molecule has 198 valence electrons. The Hall–Kier alpha value is -4.94. The molecular weight excluding hydrogens is 522 g/mol. The summed E-state index contributed by atoms with van der Waals surface area (Å²) in [6.45, 7) is 7.97. The Morgan fingerprint density at radius 1 is 1.07 bits per heavy atom. The predicted octanol–water partition coefficient (Wildman–Crippen LogP) is 6.66. The molecule has 0 fully saturated rings. The van der Waals surface area contributed by atoms with Crippen LogP contribution >= 0.6 is 11.3 Å². The zero-order chi connectivity index (χ0) is 28.1. The number of aryl methyl sites for hydroxylation is 2. The summed E-state index contributed by atoms with van der Waals surface area (Å²) in [5.74, 6) is 1.34. The number of benzene rings is 2. The highest BCUT2D eigenvalue weighted by molar-refractivity contribution is 7.14. The van der Waals surface area contributed by atoms with Crippen LogP contribution in [-0.4, -0.2) is 27.6 Å². The number of nitriles is 1. The quantitative estimate of drug-likeness (QED) is 0.225. The van der Waals surface area contributed by atoms with Crippen LogP contribution < -0.4 is 10.3 Å². The summed E-state index contributed by atoms with van der Waals surface area (Å²) in [5.41, 5.74) is 5.21. The van der Waals surface area contributed by atoms with Gasteiger partial charge in [-0.2, -0.15) is 15.0 Å². The lowest BCUT2D eigenvalue weighted by Gasteiger charge is -2.08. The van der Waals surface area contributed by atoms with Crippen LogP contribution in [0.4, 0.5) is 0 Å². The first-order valence-electron chi connectivity index (χ1n) is 12.6. The lowest BCUT2D eigenvalue weighted by Crippen LogP contribution is -2.20. The molecule has 0 aliphatic heterocycles. The molecule has 40 heavy (non-hydrogen) atoms. The summed E-state index contributed by atoms with van der Waals surface area (Å²) >= 11 is 1.59. The van der Waals surface area contributed by atoms with Gasteiger partial charge in [0.1, 0.15) is 22.4 Å². The van der Waals surface area contributed by atoms with Gasteiger partial charge in [-0.3, -0.25) is 4.79 Å². The monoisotopic (exact) mass is 547 g/mol. The van der Waals surface area contributed by atoms with Crippen LogP contribution in [0, 0.1) is 39.0 Å². The normalized spacial score (nSPS) is 11.6. The number of para-hydroxylation sites is 1. The van der Waals surface area contributed by atoms with Crippen LogP contribution in [0.5, 0.6) is 5.75 Å². The van der Waals surface area contributed by atoms with E-state index in [1.165, 1.54) is 4.68 Å². The Labute approximate surface area is 234 Å². The van der Waals surface area contributed by atoms with Crippen LogP contribution in [0.15, 0.2) is 68.9 Å². The van der Waals surface area contributed by atoms with Crippen molar-refractivity contribution in [3.8, 4) is 28.4 Å². The number of aromatic nitrogens is 3. The summed E-state index contributed by atoms with van der Waals surface area (Å²) in [5, 5.41) is 16.6. The Morgan fingerprint density at radius 3 is 2.65 bits per heavy atom. The second-order valence-corrected chi connectivity index (χ2v) is 10.7. The number of fused-ring (bicyclic) bond motifs is 2. The van der Waals surface area contributed by atoms with Crippen molar-refractivity contribution in [2.45, 2.75) is 27.7 Å². The van der Waals surface area contributed by atoms with E-state index in [-0.39, 0.29) is 11.4 Å². The molecule has 0 radical (unpaired) electrons. The molecule has 0 bridgehead atoms. The van der Waals surface area contributed by atoms with Crippen LogP contribution in [0.25, 0.3) is 38.5 Å². The highest BCUT2D eigenvalue weighted by Crippen LogP contribution is 2.34. The standard InChI is InChI=1S/C31H25N5O3S/c1-17-13-21(19(3)35(17)31-24(15-32)18(2)20(4)40-31)16-33-36-29(34-25-10-7-6-9-22(25)30(36)37)28-14-23-26(38-5)11-8-12-27(23)39-28/h6-14,16H,1-5H3. The number of rotatable bonds is 5. The maximum atomic E-state index is 13.7. The zero-order valence-electron chi connectivity index (χ0n) is 22.6. The summed E-state index contributed by atoms with van der Waals surface area (Å²) in [6, 6.07) is 18.9. The Morgan fingerprint density at radius 2 is 1.88 bits per heavy atom. The summed E-state index contributed by atoms with van der Waals surface area (Å²) < 4.78 is 15.0. The molecule has 0 unspecified atom stereocenters. The van der Waals surface area contributed by atoms with Crippen molar-refractivity contribution in [1.82, 2.24) is 14.2 Å². The Kier molecular flexibility index (Phi) is 6.12. The summed E-state index contributed by atoms with van der Waals surface area (Å²) in [4.78, 5) is 19.6. The van der Waals surface area contributed by atoms with E-state index < -0.39 is 0 Å². The fraction of sp³-hybridized carbons (Fsp3) is 0.161. The summed E-state index contributed by atoms with van der Waals surface area (Å²) in [6.07, 6.45) is 1.66. The van der Waals surface area contributed by atoms with Gasteiger partial charge in [-0.25, -0.2) is 4.98 Å². The second kappa shape index (κ2) is 9.67. The minimum Gasteiger partial charge on any atom is -0.496 e. The van der Waals surface area contributed by atoms with Gasteiger partial charge in [-0.1, -0.05) is 18.2 Å². The number of furan rings is 1. The number of ether oxygens (including phenoxy) is 1. The lowest BCUT2D eigenvalue weighted by molar-refractivity contribution is 0.419. The molecule has 0 saturated carbocycles. The van der Waals surface area contributed by atoms with Gasteiger partial charge in [0.2, 0.25) is 5.82 Å². The van der Waals surface area contributed by atoms with Gasteiger partial charge >= 0.3 is 0 Å². The first-order chi connectivity index (χ1) is 19.3. The van der Waals surface area contributed by atoms with Crippen LogP contribution in [0.2, 0.25) is 0 Å². The van der Waals surface area contributed by atoms with E-state index in [9.17, 15) is 10.1 Å². The average molecular weight is 548 g/mol. The lowest BCUT2D eigenvalue weighted by atomic mass is 10.2. The van der Waals surface area contributed by atoms with Crippen molar-refractivity contribution in [1.29, 1.82) is 5.26 Å². The van der Waals surface area contributed by atoms with Gasteiger partial charge in [-0.15, -0.1) is 11.3 Å². The number of hydrogen-bond donors (Lipinski definition) is 0. The molecule has 0 aliphatic rings. The molecule has 9 heteroatoms. The van der Waals surface area contributed by atoms with Crippen molar-refractivity contribution in [2.24, 2.45) is 5.10 Å². The zero-order valence-corrected chi connectivity index (χ0v) is 23.5. The number of methoxy groups -OCH3 is 1. The highest BCUT2D eigenvalue weighted by atomic mass is 32.1. The minimum absolute atomic E-state index is 0.281. The molecule has 4 heterocycles. The number of nitrogens with zero attached hydrogens (tertiary/aromatic N) is 5. The van der Waals surface area contributed by atoms with E-state index in [1.807, 2.05) is 64.1 Å². The van der Waals surface area contributed by atoms with Gasteiger partial charge in [0, 0.05) is 21.8 Å². The third kappa shape index (κ3) is 3.92. The fourth-order valence-corrected chi connectivity index (χ4v) is 6.18. The van der Waals surface area contributed by atoms with Crippen LogP contribution in [-0.2, 0) is 0 Å². The van der Waals surface area contributed by atoms with Crippen molar-refractivity contribution in [2.75, 3.05) is 7.11 Å². The van der Waals surface area contributed by atoms with Gasteiger partial charge in [0.15, 0.2) is 5.76 Å². The maximum Gasteiger partial charge on any atom is 0.282 e. The van der Waals surface area contributed by atoms with Crippen molar-refractivity contribution >= 4 is 39.4 Å². The van der Waals surface area contributed by atoms with E-state index >= 15 is 0 Å². The van der Waals surface area contributed by atoms with E-state index in [1.54, 1.807) is 42.9 Å². The predicted molar refractivity (Wildman–Crippen MR) is 158 cm³/mol. The van der Waals surface area contributed by atoms with Gasteiger partial charge < -0.3 is 13.7 Å². The van der Waals surface area contributed by atoms with Gasteiger partial charge in [0.25, 0.3) is 5.56 Å². The number of hydrogen-bond acceptors (Lipinski definition) is 7. The first kappa shape index (κ1) is 25.3. The van der Waals surface area contributed by atoms with Gasteiger partial charge in [0.05, 0.1) is 35.2 Å². The second-order valence-electron chi connectivity index (χ2n) is 9.53. The van der Waals surface area contributed by atoms with E-state index in [0.717, 1.165) is 37.8 Å². The summed E-state index contributed by atoms with van der Waals surface area (Å²) in [7, 11) is 1.60. The van der Waals surface area contributed by atoms with E-state index in [2.05, 4.69) is 15.7 Å². The van der Waals surface area contributed by atoms with Crippen LogP contribution in [0.3, 0.4) is 0 Å². The smallest absolute Gasteiger partial charge is 0.282 e. The molecule has 0 amide bonds. The van der Waals surface area contributed by atoms with E-state index in [4.69, 9.17) is 14.1 Å². The molecule has 0 saturated heterocycles. The molecule has 0 atom stereocenters. The van der Waals surface area contributed by atoms with Crippen molar-refractivity contribution in [3.63, 3.8) is 0 Å². The van der Waals surface area contributed by atoms with E-state index in [0.29, 0.717) is 33.6 Å². The van der Waals surface area contributed by atoms with Crippen LogP contribution in [0.1, 0.15) is 33.0 Å². The molecular formula is C31H25N5O3S. The SMILES string of the molecule is COc1cccc2oc(-c3nc4ccccc4c(=O)n3N=Cc3cc(C)n(-c4sc(C)c(C)c4C#N)c3C)cc12. The molecule has 4 aromatic heterocycles. The minimum atomic E-state index is -0.311. The van der Waals surface area contributed by atoms with Crippen molar-refractivity contribution < 1.29 is 9.15 Å². The third-order valence-electron chi connectivity index (χ3n) is 7.18. The first-order valence-corrected chi connectivity index (χ1v) is 13.5. The molecule has 0 aliphatic carbocycles. The molecule has 2 aromatic carbocycles. The Balaban J connectivity index is 1.53. The molecule has 0 spiro atoms. The molecule has 0 N–H and O–H groups in total. The largest absolute Gasteiger partial charge is 0.496 e. The maximum absolute atomic E-state index is 13.7.